The van der Waals surface area contributed by atoms with Crippen molar-refractivity contribution in [2.24, 2.45) is 14.1 Å². The van der Waals surface area contributed by atoms with Crippen LogP contribution in [0.15, 0.2) is 41.2 Å². The van der Waals surface area contributed by atoms with E-state index in [1.165, 1.54) is 0 Å². The molecule has 0 saturated carbocycles. The first-order chi connectivity index (χ1) is 12.3. The van der Waals surface area contributed by atoms with Gasteiger partial charge in [-0.05, 0) is 36.8 Å². The summed E-state index contributed by atoms with van der Waals surface area (Å²) in [6.07, 6.45) is 0. The number of nitrogens with one attached hydrogen (secondary N) is 2. The molecule has 0 aliphatic rings. The van der Waals surface area contributed by atoms with Crippen molar-refractivity contribution in [1.82, 2.24) is 9.13 Å². The van der Waals surface area contributed by atoms with Crippen LogP contribution in [0.1, 0.15) is 5.56 Å². The van der Waals surface area contributed by atoms with Gasteiger partial charge in [-0.1, -0.05) is 12.1 Å². The quantitative estimate of drug-likeness (QED) is 0.760. The summed E-state index contributed by atoms with van der Waals surface area (Å²) in [5.41, 5.74) is 4.71. The number of anilines is 3. The van der Waals surface area contributed by atoms with E-state index in [0.29, 0.717) is 5.69 Å². The zero-order chi connectivity index (χ0) is 19.0. The molecule has 2 amide bonds. The Labute approximate surface area is 151 Å². The molecule has 0 radical (unpaired) electrons. The van der Waals surface area contributed by atoms with Gasteiger partial charge in [-0.2, -0.15) is 0 Å². The minimum atomic E-state index is -0.334. The van der Waals surface area contributed by atoms with Crippen molar-refractivity contribution >= 4 is 34.1 Å². The summed E-state index contributed by atoms with van der Waals surface area (Å²) in [4.78, 5) is 26.5. The Morgan fingerprint density at radius 3 is 2.27 bits per heavy atom. The first-order valence-corrected chi connectivity index (χ1v) is 8.29. The van der Waals surface area contributed by atoms with Gasteiger partial charge in [0.15, 0.2) is 0 Å². The molecule has 0 aliphatic carbocycles. The van der Waals surface area contributed by atoms with Crippen LogP contribution in [-0.2, 0) is 14.1 Å². The number of aryl methyl sites for hydroxylation is 3. The number of benzene rings is 2. The molecule has 3 aromatic rings. The molecule has 0 saturated heterocycles. The number of imidazole rings is 1. The van der Waals surface area contributed by atoms with Crippen LogP contribution in [0.2, 0.25) is 0 Å². The van der Waals surface area contributed by atoms with Gasteiger partial charge in [-0.25, -0.2) is 9.59 Å². The minimum Gasteiger partial charge on any atom is -0.376 e. The lowest BCUT2D eigenvalue weighted by Crippen LogP contribution is -2.21. The van der Waals surface area contributed by atoms with Gasteiger partial charge in [0.2, 0.25) is 0 Å². The fourth-order valence-corrected chi connectivity index (χ4v) is 3.01. The molecule has 136 valence electrons. The van der Waals surface area contributed by atoms with Gasteiger partial charge in [-0.15, -0.1) is 0 Å². The Balaban J connectivity index is 1.98. The van der Waals surface area contributed by atoms with E-state index in [-0.39, 0.29) is 11.7 Å². The maximum Gasteiger partial charge on any atom is 0.328 e. The van der Waals surface area contributed by atoms with Crippen molar-refractivity contribution < 1.29 is 4.79 Å². The lowest BCUT2D eigenvalue weighted by Gasteiger charge is -2.19. The molecule has 0 spiro atoms. The first-order valence-electron chi connectivity index (χ1n) is 8.29. The summed E-state index contributed by atoms with van der Waals surface area (Å²) in [6, 6.07) is 11.0. The van der Waals surface area contributed by atoms with Crippen LogP contribution in [0.3, 0.4) is 0 Å². The third kappa shape index (κ3) is 3.15. The van der Waals surface area contributed by atoms with Crippen molar-refractivity contribution in [3.63, 3.8) is 0 Å². The summed E-state index contributed by atoms with van der Waals surface area (Å²) < 4.78 is 3.16. The van der Waals surface area contributed by atoms with E-state index in [0.717, 1.165) is 28.0 Å². The van der Waals surface area contributed by atoms with Crippen LogP contribution >= 0.6 is 0 Å². The molecule has 2 N–H and O–H groups in total. The van der Waals surface area contributed by atoms with Crippen molar-refractivity contribution in [2.45, 2.75) is 6.92 Å². The SMILES string of the molecule is Cc1cccc(NC(=O)Nc2cc3c(cc2N(C)C)n(C)c(=O)n3C)c1. The number of urea groups is 1. The molecular formula is C19H23N5O2. The van der Waals surface area contributed by atoms with Crippen molar-refractivity contribution in [2.75, 3.05) is 29.6 Å². The molecule has 0 atom stereocenters. The number of carbonyl (C=O) groups excluding carboxylic acids is 1. The average Bonchev–Trinajstić information content (AvgIpc) is 2.78. The number of carbonyl (C=O) groups is 1. The predicted molar refractivity (Wildman–Crippen MR) is 106 cm³/mol. The summed E-state index contributed by atoms with van der Waals surface area (Å²) in [6.45, 7) is 1.97. The molecule has 0 aliphatic heterocycles. The summed E-state index contributed by atoms with van der Waals surface area (Å²) in [5.74, 6) is 0. The van der Waals surface area contributed by atoms with E-state index in [1.807, 2.05) is 62.3 Å². The maximum absolute atomic E-state index is 12.4. The number of rotatable bonds is 3. The third-order valence-corrected chi connectivity index (χ3v) is 4.40. The van der Waals surface area contributed by atoms with Crippen LogP contribution in [0.5, 0.6) is 0 Å². The molecule has 7 nitrogen and oxygen atoms in total. The zero-order valence-electron chi connectivity index (χ0n) is 15.6. The van der Waals surface area contributed by atoms with Crippen LogP contribution in [0.25, 0.3) is 11.0 Å². The fraction of sp³-hybridized carbons (Fsp3) is 0.263. The zero-order valence-corrected chi connectivity index (χ0v) is 15.6. The highest BCUT2D eigenvalue weighted by Crippen LogP contribution is 2.30. The van der Waals surface area contributed by atoms with E-state index in [9.17, 15) is 9.59 Å². The Morgan fingerprint density at radius 1 is 1.00 bits per heavy atom. The Morgan fingerprint density at radius 2 is 1.65 bits per heavy atom. The summed E-state index contributed by atoms with van der Waals surface area (Å²) >= 11 is 0. The first kappa shape index (κ1) is 17.6. The molecule has 3 rings (SSSR count). The van der Waals surface area contributed by atoms with Gasteiger partial charge in [0, 0.05) is 33.9 Å². The van der Waals surface area contributed by atoms with Crippen LogP contribution < -0.4 is 21.2 Å². The Bertz CT molecular complexity index is 1050. The van der Waals surface area contributed by atoms with Gasteiger partial charge in [0.1, 0.15) is 0 Å². The number of fused-ring (bicyclic) bond motifs is 1. The highest BCUT2D eigenvalue weighted by atomic mass is 16.2. The molecule has 0 unspecified atom stereocenters. The lowest BCUT2D eigenvalue weighted by molar-refractivity contribution is 0.262. The number of hydrogen-bond acceptors (Lipinski definition) is 3. The van der Waals surface area contributed by atoms with Crippen molar-refractivity contribution in [1.29, 1.82) is 0 Å². The average molecular weight is 353 g/mol. The topological polar surface area (TPSA) is 71.3 Å². The molecule has 2 aromatic carbocycles. The van der Waals surface area contributed by atoms with Gasteiger partial charge in [-0.3, -0.25) is 9.13 Å². The molecule has 26 heavy (non-hydrogen) atoms. The number of amides is 2. The van der Waals surface area contributed by atoms with Crippen molar-refractivity contribution in [3.8, 4) is 0 Å². The largest absolute Gasteiger partial charge is 0.376 e. The normalized spacial score (nSPS) is 10.8. The highest BCUT2D eigenvalue weighted by molar-refractivity contribution is 6.03. The highest BCUT2D eigenvalue weighted by Gasteiger charge is 2.15. The van der Waals surface area contributed by atoms with Crippen LogP contribution in [0.4, 0.5) is 21.9 Å². The molecule has 1 heterocycles. The fourth-order valence-electron chi connectivity index (χ4n) is 3.01. The maximum atomic E-state index is 12.4. The summed E-state index contributed by atoms with van der Waals surface area (Å²) in [5, 5.41) is 5.73. The van der Waals surface area contributed by atoms with Crippen LogP contribution in [0, 0.1) is 6.92 Å². The Hall–Kier alpha value is -3.22. The third-order valence-electron chi connectivity index (χ3n) is 4.40. The van der Waals surface area contributed by atoms with E-state index >= 15 is 0 Å². The molecule has 0 fully saturated rings. The Kier molecular flexibility index (Phi) is 4.46. The van der Waals surface area contributed by atoms with Crippen molar-refractivity contribution in [3.05, 3.63) is 52.4 Å². The standard InChI is InChI=1S/C19H23N5O2/c1-12-7-6-8-13(9-12)20-18(25)21-14-10-16-17(11-15(14)22(2)3)24(5)19(26)23(16)4/h6-11H,1-5H3,(H2,20,21,25). The van der Waals surface area contributed by atoms with Gasteiger partial charge >= 0.3 is 11.7 Å². The second-order valence-corrected chi connectivity index (χ2v) is 6.60. The molecule has 0 bridgehead atoms. The number of aromatic nitrogens is 2. The van der Waals surface area contributed by atoms with E-state index in [2.05, 4.69) is 10.6 Å². The second kappa shape index (κ2) is 6.59. The van der Waals surface area contributed by atoms with E-state index in [1.54, 1.807) is 23.2 Å². The second-order valence-electron chi connectivity index (χ2n) is 6.60. The summed E-state index contributed by atoms with van der Waals surface area (Å²) in [7, 11) is 7.25. The predicted octanol–water partition coefficient (Wildman–Crippen LogP) is 2.90. The van der Waals surface area contributed by atoms with Gasteiger partial charge in [0.25, 0.3) is 0 Å². The van der Waals surface area contributed by atoms with Crippen LogP contribution in [-0.4, -0.2) is 29.3 Å². The van der Waals surface area contributed by atoms with Gasteiger partial charge in [0.05, 0.1) is 22.4 Å². The molecular weight excluding hydrogens is 330 g/mol. The lowest BCUT2D eigenvalue weighted by atomic mass is 10.2. The van der Waals surface area contributed by atoms with E-state index in [4.69, 9.17) is 0 Å². The number of nitrogens with zero attached hydrogens (tertiary/aromatic N) is 3. The molecule has 7 heteroatoms. The smallest absolute Gasteiger partial charge is 0.328 e. The van der Waals surface area contributed by atoms with Gasteiger partial charge < -0.3 is 15.5 Å². The minimum absolute atomic E-state index is 0.105. The molecule has 1 aromatic heterocycles. The van der Waals surface area contributed by atoms with E-state index < -0.39 is 0 Å². The number of hydrogen-bond donors (Lipinski definition) is 2. The monoisotopic (exact) mass is 353 g/mol.